The van der Waals surface area contributed by atoms with Gasteiger partial charge in [0, 0.05) is 31.4 Å². The number of aromatic nitrogens is 2. The zero-order valence-corrected chi connectivity index (χ0v) is 14.5. The minimum absolute atomic E-state index is 0.257. The van der Waals surface area contributed by atoms with Gasteiger partial charge >= 0.3 is 0 Å². The molecule has 0 unspecified atom stereocenters. The van der Waals surface area contributed by atoms with E-state index < -0.39 is 6.10 Å². The van der Waals surface area contributed by atoms with Gasteiger partial charge in [-0.1, -0.05) is 0 Å². The van der Waals surface area contributed by atoms with E-state index in [4.69, 9.17) is 10.00 Å². The molecule has 0 amide bonds. The van der Waals surface area contributed by atoms with Gasteiger partial charge in [-0.05, 0) is 56.3 Å². The highest BCUT2D eigenvalue weighted by Crippen LogP contribution is 2.27. The van der Waals surface area contributed by atoms with Crippen LogP contribution in [0.1, 0.15) is 30.0 Å². The summed E-state index contributed by atoms with van der Waals surface area (Å²) < 4.78 is 7.57. The van der Waals surface area contributed by atoms with Crippen molar-refractivity contribution in [3.63, 3.8) is 0 Å². The second-order valence-corrected chi connectivity index (χ2v) is 6.56. The van der Waals surface area contributed by atoms with Crippen LogP contribution in [-0.4, -0.2) is 52.1 Å². The van der Waals surface area contributed by atoms with E-state index in [1.807, 2.05) is 17.9 Å². The molecule has 1 aliphatic heterocycles. The molecule has 0 saturated carbocycles. The van der Waals surface area contributed by atoms with Crippen LogP contribution in [0, 0.1) is 11.3 Å². The van der Waals surface area contributed by atoms with E-state index >= 15 is 0 Å². The Hall–Kier alpha value is -2.36. The van der Waals surface area contributed by atoms with Gasteiger partial charge in [0.15, 0.2) is 0 Å². The Bertz CT molecular complexity index is 712. The number of nitrogens with zero attached hydrogens (tertiary/aromatic N) is 4. The Morgan fingerprint density at radius 3 is 2.60 bits per heavy atom. The lowest BCUT2D eigenvalue weighted by Gasteiger charge is -2.33. The number of benzene rings is 1. The number of rotatable bonds is 6. The third-order valence-electron chi connectivity index (χ3n) is 4.76. The summed E-state index contributed by atoms with van der Waals surface area (Å²) in [6.45, 7) is 2.83. The van der Waals surface area contributed by atoms with E-state index in [1.54, 1.807) is 24.3 Å². The number of hydrogen-bond donors (Lipinski definition) is 1. The molecule has 6 heteroatoms. The summed E-state index contributed by atoms with van der Waals surface area (Å²) in [5.41, 5.74) is 1.90. The van der Waals surface area contributed by atoms with E-state index in [2.05, 4.69) is 22.1 Å². The summed E-state index contributed by atoms with van der Waals surface area (Å²) in [7, 11) is 1.99. The summed E-state index contributed by atoms with van der Waals surface area (Å²) >= 11 is 0. The molecule has 1 aliphatic rings. The van der Waals surface area contributed by atoms with Gasteiger partial charge in [0.25, 0.3) is 0 Å². The molecule has 1 saturated heterocycles. The van der Waals surface area contributed by atoms with Crippen molar-refractivity contribution >= 4 is 0 Å². The van der Waals surface area contributed by atoms with Crippen molar-refractivity contribution in [3.05, 3.63) is 47.8 Å². The number of nitriles is 1. The fourth-order valence-electron chi connectivity index (χ4n) is 3.36. The molecule has 0 aliphatic carbocycles. The Labute approximate surface area is 148 Å². The van der Waals surface area contributed by atoms with E-state index in [0.29, 0.717) is 23.8 Å². The van der Waals surface area contributed by atoms with Gasteiger partial charge in [0.05, 0.1) is 11.6 Å². The van der Waals surface area contributed by atoms with E-state index in [9.17, 15) is 5.11 Å². The molecule has 2 heterocycles. The smallest absolute Gasteiger partial charge is 0.119 e. The molecule has 132 valence electrons. The van der Waals surface area contributed by atoms with Gasteiger partial charge < -0.3 is 14.7 Å². The molecule has 2 aromatic rings. The average molecular weight is 340 g/mol. The monoisotopic (exact) mass is 340 g/mol. The summed E-state index contributed by atoms with van der Waals surface area (Å²) in [6.07, 6.45) is 3.50. The number of β-amino-alcohol motifs (C(OH)–C–C–N with tert-alkyl or cyclic N) is 1. The van der Waals surface area contributed by atoms with Crippen LogP contribution in [-0.2, 0) is 7.05 Å². The molecular formula is C19H24N4O2. The van der Waals surface area contributed by atoms with Crippen LogP contribution >= 0.6 is 0 Å². The van der Waals surface area contributed by atoms with Crippen LogP contribution < -0.4 is 4.74 Å². The van der Waals surface area contributed by atoms with Crippen LogP contribution in [0.5, 0.6) is 5.75 Å². The highest BCUT2D eigenvalue weighted by atomic mass is 16.5. The molecule has 0 bridgehead atoms. The normalized spacial score (nSPS) is 17.2. The Morgan fingerprint density at radius 1 is 1.28 bits per heavy atom. The van der Waals surface area contributed by atoms with E-state index in [0.717, 1.165) is 25.9 Å². The van der Waals surface area contributed by atoms with Gasteiger partial charge in [0.2, 0.25) is 0 Å². The van der Waals surface area contributed by atoms with Crippen molar-refractivity contribution in [2.45, 2.75) is 24.9 Å². The number of piperidine rings is 1. The number of aliphatic hydroxyl groups is 1. The number of ether oxygens (including phenoxy) is 1. The van der Waals surface area contributed by atoms with E-state index in [-0.39, 0.29) is 6.61 Å². The Balaban J connectivity index is 1.41. The van der Waals surface area contributed by atoms with Gasteiger partial charge in [-0.25, -0.2) is 0 Å². The van der Waals surface area contributed by atoms with Crippen molar-refractivity contribution in [2.75, 3.05) is 26.2 Å². The predicted molar refractivity (Wildman–Crippen MR) is 94.3 cm³/mol. The summed E-state index contributed by atoms with van der Waals surface area (Å²) in [5.74, 6) is 1.23. The molecule has 3 rings (SSSR count). The van der Waals surface area contributed by atoms with Crippen LogP contribution in [0.2, 0.25) is 0 Å². The first-order chi connectivity index (χ1) is 12.2. The summed E-state index contributed by atoms with van der Waals surface area (Å²) in [4.78, 5) is 2.29. The fourth-order valence-corrected chi connectivity index (χ4v) is 3.36. The highest BCUT2D eigenvalue weighted by Gasteiger charge is 2.23. The first-order valence-corrected chi connectivity index (χ1v) is 8.67. The average Bonchev–Trinajstić information content (AvgIpc) is 3.07. The lowest BCUT2D eigenvalue weighted by molar-refractivity contribution is 0.0591. The summed E-state index contributed by atoms with van der Waals surface area (Å²) in [6, 6.07) is 11.1. The van der Waals surface area contributed by atoms with Crippen molar-refractivity contribution in [2.24, 2.45) is 7.05 Å². The molecule has 25 heavy (non-hydrogen) atoms. The quantitative estimate of drug-likeness (QED) is 0.869. The Morgan fingerprint density at radius 2 is 2.00 bits per heavy atom. The molecule has 1 aromatic heterocycles. The lowest BCUT2D eigenvalue weighted by Crippen LogP contribution is -2.40. The Kier molecular flexibility index (Phi) is 5.69. The second-order valence-electron chi connectivity index (χ2n) is 6.56. The number of aliphatic hydroxyl groups excluding tert-OH is 1. The maximum Gasteiger partial charge on any atom is 0.119 e. The number of aryl methyl sites for hydroxylation is 1. The van der Waals surface area contributed by atoms with E-state index in [1.165, 1.54) is 5.69 Å². The predicted octanol–water partition coefficient (Wildman–Crippen LogP) is 1.91. The molecule has 1 fully saturated rings. The van der Waals surface area contributed by atoms with Gasteiger partial charge in [-0.3, -0.25) is 4.68 Å². The second kappa shape index (κ2) is 8.15. The van der Waals surface area contributed by atoms with Crippen molar-refractivity contribution < 1.29 is 9.84 Å². The minimum atomic E-state index is -0.524. The molecule has 1 aromatic carbocycles. The third kappa shape index (κ3) is 4.59. The molecular weight excluding hydrogens is 316 g/mol. The topological polar surface area (TPSA) is 74.3 Å². The van der Waals surface area contributed by atoms with Crippen LogP contribution in [0.3, 0.4) is 0 Å². The van der Waals surface area contributed by atoms with Crippen LogP contribution in [0.4, 0.5) is 0 Å². The summed E-state index contributed by atoms with van der Waals surface area (Å²) in [5, 5.41) is 23.3. The van der Waals surface area contributed by atoms with Crippen molar-refractivity contribution in [3.8, 4) is 11.8 Å². The van der Waals surface area contributed by atoms with Crippen LogP contribution in [0.25, 0.3) is 0 Å². The zero-order chi connectivity index (χ0) is 17.6. The first kappa shape index (κ1) is 17.5. The SMILES string of the molecule is Cn1nccc1C1CCN(C[C@@H](O)COc2ccc(C#N)cc2)CC1. The standard InChI is InChI=1S/C19H24N4O2/c1-22-19(6-9-21-22)16-7-10-23(11-8-16)13-17(24)14-25-18-4-2-15(12-20)3-5-18/h2-6,9,16-17,24H,7-8,10-11,13-14H2,1H3/t17-/m1/s1. The van der Waals surface area contributed by atoms with Crippen molar-refractivity contribution in [1.29, 1.82) is 5.26 Å². The van der Waals surface area contributed by atoms with Crippen LogP contribution in [0.15, 0.2) is 36.5 Å². The molecule has 1 atom stereocenters. The maximum absolute atomic E-state index is 10.2. The van der Waals surface area contributed by atoms with Gasteiger partial charge in [0.1, 0.15) is 18.5 Å². The maximum atomic E-state index is 10.2. The highest BCUT2D eigenvalue weighted by molar-refractivity contribution is 5.34. The molecule has 0 spiro atoms. The fraction of sp³-hybridized carbons (Fsp3) is 0.474. The molecule has 0 radical (unpaired) electrons. The zero-order valence-electron chi connectivity index (χ0n) is 14.5. The van der Waals surface area contributed by atoms with Gasteiger partial charge in [-0.2, -0.15) is 10.4 Å². The number of hydrogen-bond acceptors (Lipinski definition) is 5. The first-order valence-electron chi connectivity index (χ1n) is 8.67. The minimum Gasteiger partial charge on any atom is -0.491 e. The number of likely N-dealkylation sites (tertiary alicyclic amines) is 1. The molecule has 1 N–H and O–H groups in total. The largest absolute Gasteiger partial charge is 0.491 e. The third-order valence-corrected chi connectivity index (χ3v) is 4.76. The molecule has 6 nitrogen and oxygen atoms in total. The lowest BCUT2D eigenvalue weighted by atomic mass is 9.93. The van der Waals surface area contributed by atoms with Gasteiger partial charge in [-0.15, -0.1) is 0 Å². The van der Waals surface area contributed by atoms with Crippen molar-refractivity contribution in [1.82, 2.24) is 14.7 Å².